The zero-order chi connectivity index (χ0) is 87.1. The van der Waals surface area contributed by atoms with Crippen LogP contribution in [0.15, 0.2) is 12.2 Å². The van der Waals surface area contributed by atoms with E-state index in [-0.39, 0.29) is 32.1 Å². The van der Waals surface area contributed by atoms with Gasteiger partial charge in [-0.1, -0.05) is 349 Å². The number of carbonyl (C=O) groups excluding carboxylic acids is 4. The van der Waals surface area contributed by atoms with E-state index in [1.165, 1.54) is 186 Å². The third kappa shape index (κ3) is 51.0. The third-order valence-electron chi connectivity index (χ3n) is 24.1. The molecule has 3 aliphatic rings. The molecule has 0 spiro atoms. The molecule has 1 saturated carbocycles. The van der Waals surface area contributed by atoms with Gasteiger partial charge in [0.15, 0.2) is 24.8 Å². The van der Waals surface area contributed by atoms with E-state index < -0.39 is 162 Å². The lowest BCUT2D eigenvalue weighted by atomic mass is 9.84. The summed E-state index contributed by atoms with van der Waals surface area (Å²) in [5.41, 5.74) is 0. The summed E-state index contributed by atoms with van der Waals surface area (Å²) in [6.45, 7) is 10.3. The zero-order valence-corrected chi connectivity index (χ0v) is 75.9. The Balaban J connectivity index is 1.92. The van der Waals surface area contributed by atoms with Gasteiger partial charge < -0.3 is 88.7 Å². The van der Waals surface area contributed by atoms with Gasteiger partial charge in [0.2, 0.25) is 0 Å². The lowest BCUT2D eigenvalue weighted by molar-refractivity contribution is -0.360. The maximum Gasteiger partial charge on any atom is 0.472 e. The van der Waals surface area contributed by atoms with Gasteiger partial charge in [0, 0.05) is 25.7 Å². The van der Waals surface area contributed by atoms with Crippen molar-refractivity contribution >= 4 is 31.7 Å². The van der Waals surface area contributed by atoms with Crippen molar-refractivity contribution in [2.24, 2.45) is 11.8 Å². The Hall–Kier alpha value is -2.79. The van der Waals surface area contributed by atoms with Gasteiger partial charge in [0.25, 0.3) is 0 Å². The summed E-state index contributed by atoms with van der Waals surface area (Å²) in [5, 5.41) is 102. The molecule has 2 saturated heterocycles. The van der Waals surface area contributed by atoms with Gasteiger partial charge in [-0.05, 0) is 63.2 Å². The summed E-state index contributed by atoms with van der Waals surface area (Å²) in [5.74, 6) is -1.60. The lowest BCUT2D eigenvalue weighted by Crippen LogP contribution is -2.70. The lowest BCUT2D eigenvalue weighted by Gasteiger charge is -2.50. The molecule has 1 aliphatic carbocycles. The first-order chi connectivity index (χ1) is 57.5. The number of esters is 4. The molecule has 0 radical (unpaired) electrons. The number of phosphoric ester groups is 1. The number of allylic oxidation sites excluding steroid dienone is 2. The molecule has 0 bridgehead atoms. The molecule has 119 heavy (non-hydrogen) atoms. The molecule has 0 amide bonds. The molecule has 20 atom stereocenters. The van der Waals surface area contributed by atoms with Crippen LogP contribution in [0.2, 0.25) is 0 Å². The average Bonchev–Trinajstić information content (AvgIpc) is 0.753. The van der Waals surface area contributed by atoms with Crippen LogP contribution >= 0.6 is 7.82 Å². The fourth-order valence-corrected chi connectivity index (χ4v) is 17.2. The Bertz CT molecular complexity index is 2550. The Morgan fingerprint density at radius 1 is 0.353 bits per heavy atom. The predicted octanol–water partition coefficient (Wildman–Crippen LogP) is 18.0. The van der Waals surface area contributed by atoms with Crippen molar-refractivity contribution in [1.82, 2.24) is 0 Å². The first-order valence-electron chi connectivity index (χ1n) is 48.2. The number of ether oxygens (including phenoxy) is 8. The summed E-state index contributed by atoms with van der Waals surface area (Å²) in [7, 11) is -5.81. The number of hydrogen-bond donors (Lipinski definition) is 10. The first kappa shape index (κ1) is 110. The van der Waals surface area contributed by atoms with Crippen molar-refractivity contribution in [2.75, 3.05) is 26.4 Å². The van der Waals surface area contributed by atoms with E-state index in [1.807, 2.05) is 0 Å². The highest BCUT2D eigenvalue weighted by Crippen LogP contribution is 2.49. The van der Waals surface area contributed by atoms with E-state index in [1.54, 1.807) is 0 Å². The van der Waals surface area contributed by atoms with Crippen LogP contribution in [0, 0.1) is 11.8 Å². The number of phosphoric acid groups is 1. The number of aliphatic hydroxyl groups is 9. The fourth-order valence-electron chi connectivity index (χ4n) is 16.2. The van der Waals surface area contributed by atoms with Crippen molar-refractivity contribution < 1.29 is 122 Å². The maximum atomic E-state index is 14.9. The minimum absolute atomic E-state index is 0.0140. The van der Waals surface area contributed by atoms with Crippen LogP contribution in [0.1, 0.15) is 414 Å². The number of carbonyl (C=O) groups is 4. The van der Waals surface area contributed by atoms with E-state index in [9.17, 15) is 74.6 Å². The van der Waals surface area contributed by atoms with Crippen LogP contribution in [0.3, 0.4) is 0 Å². The smallest absolute Gasteiger partial charge is 0.463 e. The summed E-state index contributed by atoms with van der Waals surface area (Å²) in [4.78, 5) is 66.6. The molecule has 0 aromatic carbocycles. The van der Waals surface area contributed by atoms with Gasteiger partial charge in [-0.3, -0.25) is 28.2 Å². The Kier molecular flexibility index (Phi) is 65.2. The second kappa shape index (κ2) is 70.3. The highest BCUT2D eigenvalue weighted by molar-refractivity contribution is 7.47. The van der Waals surface area contributed by atoms with E-state index in [0.29, 0.717) is 43.9 Å². The van der Waals surface area contributed by atoms with Crippen LogP contribution in [0.4, 0.5) is 0 Å². The number of aliphatic hydroxyl groups excluding tert-OH is 9. The molecule has 20 unspecified atom stereocenters. The maximum absolute atomic E-state index is 14.9. The minimum Gasteiger partial charge on any atom is -0.463 e. The van der Waals surface area contributed by atoms with Crippen molar-refractivity contribution in [1.29, 1.82) is 0 Å². The largest absolute Gasteiger partial charge is 0.472 e. The van der Waals surface area contributed by atoms with Gasteiger partial charge >= 0.3 is 31.7 Å². The van der Waals surface area contributed by atoms with Crippen molar-refractivity contribution in [3.05, 3.63) is 12.2 Å². The zero-order valence-electron chi connectivity index (χ0n) is 75.0. The molecule has 10 N–H and O–H groups in total. The highest BCUT2D eigenvalue weighted by Gasteiger charge is 2.60. The topological polar surface area (TPSA) is 380 Å². The standard InChI is InChI=1S/C93H173O25P/c1-7-11-15-19-23-25-27-29-30-32-34-35-37-49-57-65-78(97)112-73(68-109-76(95)63-55-47-41-39-45-53-61-71(5)59-51-43-21-17-13-9-3)69-111-119(107,108)118-91-89(116-92-86(105)82(101)80(99)74(67-94)113-92)85(104)84(103)88(115-79(98)66-58-50-38-36-33-31-28-26-24-20-16-12-8-2)90(91)117-93-87(106)83(102)81(100)75(114-93)70-110-77(96)64-56-48-42-40-46-54-62-72(6)60-52-44-22-18-14-10-4/h31,33,71-75,80-94,99-106H,7-30,32,34-70H2,1-6H3,(H,107,108)/b33-31-. The van der Waals surface area contributed by atoms with E-state index in [0.717, 1.165) is 122 Å². The van der Waals surface area contributed by atoms with Crippen LogP contribution in [0.5, 0.6) is 0 Å². The Labute approximate surface area is 718 Å². The molecule has 26 heteroatoms. The molecule has 3 rings (SSSR count). The molecule has 2 aliphatic heterocycles. The summed E-state index contributed by atoms with van der Waals surface area (Å²) in [6.07, 6.45) is 26.4. The number of hydrogen-bond acceptors (Lipinski definition) is 24. The van der Waals surface area contributed by atoms with Gasteiger partial charge in [0.05, 0.1) is 13.2 Å². The van der Waals surface area contributed by atoms with E-state index in [2.05, 4.69) is 53.7 Å². The second-order valence-electron chi connectivity index (χ2n) is 35.1. The molecule has 25 nitrogen and oxygen atoms in total. The minimum atomic E-state index is -5.81. The Morgan fingerprint density at radius 2 is 0.681 bits per heavy atom. The van der Waals surface area contributed by atoms with Gasteiger partial charge in [-0.15, -0.1) is 0 Å². The summed E-state index contributed by atoms with van der Waals surface area (Å²) >= 11 is 0. The van der Waals surface area contributed by atoms with Crippen LogP contribution in [-0.2, 0) is 70.7 Å². The van der Waals surface area contributed by atoms with Gasteiger partial charge in [-0.25, -0.2) is 4.57 Å². The molecular formula is C93H173O25P. The summed E-state index contributed by atoms with van der Waals surface area (Å²) < 4.78 is 73.5. The number of unbranched alkanes of at least 4 members (excludes halogenated alkanes) is 43. The average molecular weight is 1720 g/mol. The van der Waals surface area contributed by atoms with Crippen LogP contribution in [0.25, 0.3) is 0 Å². The van der Waals surface area contributed by atoms with E-state index in [4.69, 9.17) is 46.9 Å². The molecular weight excluding hydrogens is 1550 g/mol. The molecule has 2 heterocycles. The third-order valence-corrected chi connectivity index (χ3v) is 25.0. The van der Waals surface area contributed by atoms with Crippen LogP contribution < -0.4 is 0 Å². The van der Waals surface area contributed by atoms with Crippen molar-refractivity contribution in [3.8, 4) is 0 Å². The SMILES string of the molecule is CCCCCCCC/C=C\CCCCCC(=O)OC1C(O)C(O)C(OC2OC(CO)C(O)C(O)C2O)C(OP(=O)(O)OCC(COC(=O)CCCCCCCCC(C)CCCCCCCC)OC(=O)CCCCCCCCCCCCCCCCC)C1OC1OC(COC(=O)CCCCCCCCC(C)CCCCCCCC)C(O)C(O)C1O. The summed E-state index contributed by atoms with van der Waals surface area (Å²) in [6, 6.07) is 0. The number of rotatable bonds is 77. The van der Waals surface area contributed by atoms with Crippen molar-refractivity contribution in [3.63, 3.8) is 0 Å². The highest BCUT2D eigenvalue weighted by atomic mass is 31.2. The fraction of sp³-hybridized carbons (Fsp3) is 0.935. The van der Waals surface area contributed by atoms with E-state index >= 15 is 0 Å². The second-order valence-corrected chi connectivity index (χ2v) is 36.5. The quantitative estimate of drug-likeness (QED) is 0.00889. The molecule has 3 fully saturated rings. The normalized spacial score (nSPS) is 25.4. The van der Waals surface area contributed by atoms with Crippen LogP contribution in [-0.4, -0.2) is 205 Å². The first-order valence-corrected chi connectivity index (χ1v) is 49.7. The molecule has 0 aromatic heterocycles. The van der Waals surface area contributed by atoms with Crippen molar-refractivity contribution in [2.45, 2.75) is 518 Å². The molecule has 0 aromatic rings. The Morgan fingerprint density at radius 3 is 1.09 bits per heavy atom. The van der Waals surface area contributed by atoms with Gasteiger partial charge in [-0.2, -0.15) is 0 Å². The monoisotopic (exact) mass is 1720 g/mol. The predicted molar refractivity (Wildman–Crippen MR) is 462 cm³/mol. The van der Waals surface area contributed by atoms with Gasteiger partial charge in [0.1, 0.15) is 92.6 Å². The molecule has 700 valence electrons.